The average molecular weight is 262 g/mol. The minimum atomic E-state index is 0.311. The molecule has 1 aliphatic rings. The molecule has 14 heavy (non-hydrogen) atoms. The van der Waals surface area contributed by atoms with Crippen molar-refractivity contribution in [3.8, 4) is 0 Å². The molecule has 0 bridgehead atoms. The predicted molar refractivity (Wildman–Crippen MR) is 62.6 cm³/mol. The van der Waals surface area contributed by atoms with E-state index in [1.165, 1.54) is 19.3 Å². The standard InChI is InChI=1S/C11H20BrNO/c1-3-11(4-2)6-8-13(9-11)10(14)5-7-12/h3-9H2,1-2H3. The second-order valence-electron chi connectivity index (χ2n) is 4.21. The van der Waals surface area contributed by atoms with Gasteiger partial charge in [-0.2, -0.15) is 0 Å². The van der Waals surface area contributed by atoms with E-state index in [0.29, 0.717) is 17.7 Å². The van der Waals surface area contributed by atoms with Gasteiger partial charge in [0.05, 0.1) is 0 Å². The van der Waals surface area contributed by atoms with E-state index >= 15 is 0 Å². The second kappa shape index (κ2) is 5.15. The lowest BCUT2D eigenvalue weighted by atomic mass is 9.82. The first-order valence-electron chi connectivity index (χ1n) is 5.51. The molecule has 0 spiro atoms. The lowest BCUT2D eigenvalue weighted by Crippen LogP contribution is -2.31. The monoisotopic (exact) mass is 261 g/mol. The molecule has 0 aliphatic carbocycles. The summed E-state index contributed by atoms with van der Waals surface area (Å²) in [5.41, 5.74) is 0.419. The summed E-state index contributed by atoms with van der Waals surface area (Å²) in [4.78, 5) is 13.7. The third-order valence-electron chi connectivity index (χ3n) is 3.60. The van der Waals surface area contributed by atoms with E-state index in [1.54, 1.807) is 0 Å². The lowest BCUT2D eigenvalue weighted by Gasteiger charge is -2.26. The van der Waals surface area contributed by atoms with E-state index in [1.807, 2.05) is 4.90 Å². The van der Waals surface area contributed by atoms with Gasteiger partial charge in [0, 0.05) is 24.8 Å². The first-order chi connectivity index (χ1) is 6.67. The van der Waals surface area contributed by atoms with Gasteiger partial charge in [0.15, 0.2) is 0 Å². The van der Waals surface area contributed by atoms with Crippen molar-refractivity contribution in [1.82, 2.24) is 4.90 Å². The van der Waals surface area contributed by atoms with E-state index in [0.717, 1.165) is 18.4 Å². The summed E-state index contributed by atoms with van der Waals surface area (Å²) in [5, 5.41) is 0.785. The molecule has 1 heterocycles. The number of hydrogen-bond donors (Lipinski definition) is 0. The zero-order valence-corrected chi connectivity index (χ0v) is 10.8. The Morgan fingerprint density at radius 1 is 1.43 bits per heavy atom. The summed E-state index contributed by atoms with van der Waals surface area (Å²) in [5.74, 6) is 0.311. The molecule has 1 aliphatic heterocycles. The van der Waals surface area contributed by atoms with Crippen LogP contribution in [0.15, 0.2) is 0 Å². The number of hydrogen-bond acceptors (Lipinski definition) is 1. The van der Waals surface area contributed by atoms with E-state index in [-0.39, 0.29) is 0 Å². The number of halogens is 1. The number of amides is 1. The van der Waals surface area contributed by atoms with Crippen LogP contribution in [-0.4, -0.2) is 29.2 Å². The fraction of sp³-hybridized carbons (Fsp3) is 0.909. The van der Waals surface area contributed by atoms with Gasteiger partial charge in [0.1, 0.15) is 0 Å². The first kappa shape index (κ1) is 12.0. The van der Waals surface area contributed by atoms with Gasteiger partial charge in [-0.15, -0.1) is 0 Å². The van der Waals surface area contributed by atoms with Crippen LogP contribution in [0.1, 0.15) is 39.5 Å². The van der Waals surface area contributed by atoms with Crippen molar-refractivity contribution in [1.29, 1.82) is 0 Å². The van der Waals surface area contributed by atoms with Crippen LogP contribution in [0.25, 0.3) is 0 Å². The van der Waals surface area contributed by atoms with Crippen LogP contribution in [0.3, 0.4) is 0 Å². The summed E-state index contributed by atoms with van der Waals surface area (Å²) in [6, 6.07) is 0. The minimum absolute atomic E-state index is 0.311. The summed E-state index contributed by atoms with van der Waals surface area (Å²) in [6.45, 7) is 6.42. The van der Waals surface area contributed by atoms with Crippen molar-refractivity contribution in [2.24, 2.45) is 5.41 Å². The van der Waals surface area contributed by atoms with Crippen molar-refractivity contribution in [3.05, 3.63) is 0 Å². The molecule has 0 aromatic carbocycles. The van der Waals surface area contributed by atoms with E-state index in [4.69, 9.17) is 0 Å². The zero-order valence-electron chi connectivity index (χ0n) is 9.18. The highest BCUT2D eigenvalue weighted by Gasteiger charge is 2.36. The van der Waals surface area contributed by atoms with Crippen LogP contribution >= 0.6 is 15.9 Å². The minimum Gasteiger partial charge on any atom is -0.342 e. The van der Waals surface area contributed by atoms with Crippen LogP contribution in [0.2, 0.25) is 0 Å². The summed E-state index contributed by atoms with van der Waals surface area (Å²) < 4.78 is 0. The number of carbonyl (C=O) groups is 1. The van der Waals surface area contributed by atoms with E-state index in [2.05, 4.69) is 29.8 Å². The smallest absolute Gasteiger partial charge is 0.223 e. The molecule has 0 aromatic heterocycles. The van der Waals surface area contributed by atoms with Gasteiger partial charge >= 0.3 is 0 Å². The summed E-state index contributed by atoms with van der Waals surface area (Å²) in [6.07, 6.45) is 4.22. The van der Waals surface area contributed by atoms with E-state index < -0.39 is 0 Å². The first-order valence-corrected chi connectivity index (χ1v) is 6.63. The molecule has 0 N–H and O–H groups in total. The number of rotatable bonds is 4. The van der Waals surface area contributed by atoms with Crippen molar-refractivity contribution in [2.45, 2.75) is 39.5 Å². The van der Waals surface area contributed by atoms with Crippen LogP contribution in [0, 0.1) is 5.41 Å². The van der Waals surface area contributed by atoms with Crippen LogP contribution in [0.5, 0.6) is 0 Å². The number of nitrogens with zero attached hydrogens (tertiary/aromatic N) is 1. The summed E-state index contributed by atoms with van der Waals surface area (Å²) in [7, 11) is 0. The van der Waals surface area contributed by atoms with Crippen LogP contribution < -0.4 is 0 Å². The van der Waals surface area contributed by atoms with Crippen molar-refractivity contribution in [3.63, 3.8) is 0 Å². The Bertz CT molecular complexity index is 201. The fourth-order valence-corrected chi connectivity index (χ4v) is 2.55. The highest BCUT2D eigenvalue weighted by molar-refractivity contribution is 9.09. The maximum absolute atomic E-state index is 11.7. The molecule has 0 unspecified atom stereocenters. The average Bonchev–Trinajstić information content (AvgIpc) is 2.63. The molecular weight excluding hydrogens is 242 g/mol. The third-order valence-corrected chi connectivity index (χ3v) is 4.00. The Morgan fingerprint density at radius 2 is 2.07 bits per heavy atom. The molecule has 0 aromatic rings. The van der Waals surface area contributed by atoms with E-state index in [9.17, 15) is 4.79 Å². The Labute approximate surface area is 95.2 Å². The van der Waals surface area contributed by atoms with Gasteiger partial charge < -0.3 is 4.90 Å². The molecule has 0 atom stereocenters. The van der Waals surface area contributed by atoms with Crippen molar-refractivity contribution < 1.29 is 4.79 Å². The molecule has 1 saturated heterocycles. The molecule has 1 rings (SSSR count). The maximum atomic E-state index is 11.7. The molecule has 0 radical (unpaired) electrons. The van der Waals surface area contributed by atoms with Gasteiger partial charge in [0.25, 0.3) is 0 Å². The van der Waals surface area contributed by atoms with Crippen LogP contribution in [0.4, 0.5) is 0 Å². The largest absolute Gasteiger partial charge is 0.342 e. The Balaban J connectivity index is 2.51. The number of likely N-dealkylation sites (tertiary alicyclic amines) is 1. The molecule has 3 heteroatoms. The topological polar surface area (TPSA) is 20.3 Å². The van der Waals surface area contributed by atoms with Gasteiger partial charge in [-0.25, -0.2) is 0 Å². The highest BCUT2D eigenvalue weighted by atomic mass is 79.9. The zero-order chi connectivity index (χ0) is 10.6. The highest BCUT2D eigenvalue weighted by Crippen LogP contribution is 2.37. The van der Waals surface area contributed by atoms with Gasteiger partial charge in [-0.05, 0) is 24.7 Å². The summed E-state index contributed by atoms with van der Waals surface area (Å²) >= 11 is 3.31. The Morgan fingerprint density at radius 3 is 2.50 bits per heavy atom. The van der Waals surface area contributed by atoms with Gasteiger partial charge in [-0.3, -0.25) is 4.79 Å². The second-order valence-corrected chi connectivity index (χ2v) is 5.00. The molecule has 0 saturated carbocycles. The molecule has 82 valence electrons. The lowest BCUT2D eigenvalue weighted by molar-refractivity contribution is -0.130. The number of alkyl halides is 1. The molecule has 1 fully saturated rings. The Hall–Kier alpha value is -0.0500. The third kappa shape index (κ3) is 2.50. The van der Waals surface area contributed by atoms with Gasteiger partial charge in [0.2, 0.25) is 5.91 Å². The molecular formula is C11H20BrNO. The molecule has 1 amide bonds. The fourth-order valence-electron chi connectivity index (χ4n) is 2.21. The van der Waals surface area contributed by atoms with Crippen molar-refractivity contribution in [2.75, 3.05) is 18.4 Å². The molecule has 2 nitrogen and oxygen atoms in total. The Kier molecular flexibility index (Phi) is 4.42. The maximum Gasteiger partial charge on any atom is 0.223 e. The van der Waals surface area contributed by atoms with Crippen molar-refractivity contribution >= 4 is 21.8 Å². The van der Waals surface area contributed by atoms with Crippen LogP contribution in [-0.2, 0) is 4.79 Å². The number of carbonyl (C=O) groups excluding carboxylic acids is 1. The quantitative estimate of drug-likeness (QED) is 0.713. The SMILES string of the molecule is CCC1(CC)CCN(C(=O)CCBr)C1. The predicted octanol–water partition coefficient (Wildman–Crippen LogP) is 2.81. The van der Waals surface area contributed by atoms with Gasteiger partial charge in [-0.1, -0.05) is 29.8 Å². The normalized spacial score (nSPS) is 20.1.